The highest BCUT2D eigenvalue weighted by atomic mass is 32.2. The minimum Gasteiger partial charge on any atom is -0.341 e. The van der Waals surface area contributed by atoms with E-state index in [-0.39, 0.29) is 28.8 Å². The number of nitrogens with zero attached hydrogens (tertiary/aromatic N) is 3. The van der Waals surface area contributed by atoms with Crippen LogP contribution in [0.15, 0.2) is 32.7 Å². The number of nitrogens with one attached hydrogen (secondary N) is 1. The molecule has 2 fully saturated rings. The number of sulfonamides is 1. The molecule has 1 saturated heterocycles. The molecular weight excluding hydrogens is 432 g/mol. The van der Waals surface area contributed by atoms with Crippen LogP contribution >= 0.6 is 0 Å². The second-order valence-corrected chi connectivity index (χ2v) is 10.5. The van der Waals surface area contributed by atoms with E-state index in [4.69, 9.17) is 0 Å². The maximum absolute atomic E-state index is 13.2. The fourth-order valence-corrected chi connectivity index (χ4v) is 6.02. The van der Waals surface area contributed by atoms with Gasteiger partial charge in [0.25, 0.3) is 5.56 Å². The van der Waals surface area contributed by atoms with E-state index < -0.39 is 21.3 Å². The molecule has 1 amide bonds. The molecule has 1 saturated carbocycles. The second-order valence-electron chi connectivity index (χ2n) is 8.81. The van der Waals surface area contributed by atoms with Crippen LogP contribution in [0.4, 0.5) is 0 Å². The fraction of sp³-hybridized carbons (Fsp3) is 0.591. The third kappa shape index (κ3) is 4.52. The van der Waals surface area contributed by atoms with Gasteiger partial charge in [-0.05, 0) is 43.9 Å². The lowest BCUT2D eigenvalue weighted by atomic mass is 10.2. The Morgan fingerprint density at radius 3 is 2.34 bits per heavy atom. The van der Waals surface area contributed by atoms with Crippen LogP contribution in [0.2, 0.25) is 0 Å². The normalized spacial score (nSPS) is 18.2. The molecule has 10 heteroatoms. The predicted molar refractivity (Wildman–Crippen MR) is 121 cm³/mol. The average Bonchev–Trinajstić information content (AvgIpc) is 3.12. The van der Waals surface area contributed by atoms with Crippen LogP contribution in [0.3, 0.4) is 0 Å². The molecule has 2 aromatic rings. The topological polar surface area (TPSA) is 110 Å². The predicted octanol–water partition coefficient (Wildman–Crippen LogP) is 1.32. The first-order valence-corrected chi connectivity index (χ1v) is 12.8. The zero-order valence-corrected chi connectivity index (χ0v) is 19.2. The van der Waals surface area contributed by atoms with E-state index in [0.29, 0.717) is 18.6 Å². The third-order valence-corrected chi connectivity index (χ3v) is 8.08. The van der Waals surface area contributed by atoms with Gasteiger partial charge in [-0.25, -0.2) is 17.9 Å². The van der Waals surface area contributed by atoms with E-state index in [0.717, 1.165) is 55.9 Å². The number of benzene rings is 1. The number of amides is 1. The number of likely N-dealkylation sites (tertiary alicyclic amines) is 1. The van der Waals surface area contributed by atoms with Crippen LogP contribution in [0.1, 0.15) is 51.4 Å². The lowest BCUT2D eigenvalue weighted by Crippen LogP contribution is -2.44. The highest BCUT2D eigenvalue weighted by molar-refractivity contribution is 7.89. The van der Waals surface area contributed by atoms with Gasteiger partial charge in [0.15, 0.2) is 0 Å². The fourth-order valence-electron chi connectivity index (χ4n) is 4.69. The van der Waals surface area contributed by atoms with E-state index in [1.807, 2.05) is 0 Å². The number of carbonyl (C=O) groups excluding carboxylic acids is 1. The number of rotatable bonds is 5. The van der Waals surface area contributed by atoms with Crippen molar-refractivity contribution in [2.75, 3.05) is 13.1 Å². The maximum Gasteiger partial charge on any atom is 0.331 e. The first-order chi connectivity index (χ1) is 15.3. The summed E-state index contributed by atoms with van der Waals surface area (Å²) in [6, 6.07) is 4.09. The molecule has 1 aliphatic heterocycles. The van der Waals surface area contributed by atoms with Crippen molar-refractivity contribution >= 4 is 26.8 Å². The monoisotopic (exact) mass is 462 g/mol. The maximum atomic E-state index is 13.2. The summed E-state index contributed by atoms with van der Waals surface area (Å²) in [5, 5.41) is 0.102. The van der Waals surface area contributed by atoms with Gasteiger partial charge < -0.3 is 4.90 Å². The summed E-state index contributed by atoms with van der Waals surface area (Å²) in [7, 11) is -2.28. The number of carbonyl (C=O) groups is 1. The van der Waals surface area contributed by atoms with Gasteiger partial charge in [0, 0.05) is 26.2 Å². The van der Waals surface area contributed by atoms with Crippen molar-refractivity contribution < 1.29 is 13.2 Å². The molecule has 0 unspecified atom stereocenters. The molecule has 1 aliphatic carbocycles. The van der Waals surface area contributed by atoms with E-state index in [1.54, 1.807) is 4.90 Å². The smallest absolute Gasteiger partial charge is 0.331 e. The Bertz CT molecular complexity index is 1230. The Balaban J connectivity index is 1.70. The van der Waals surface area contributed by atoms with Crippen molar-refractivity contribution in [1.29, 1.82) is 0 Å². The number of aromatic nitrogens is 2. The number of hydrogen-bond donors (Lipinski definition) is 1. The summed E-state index contributed by atoms with van der Waals surface area (Å²) in [6.07, 6.45) is 7.52. The Hall–Kier alpha value is -2.46. The Morgan fingerprint density at radius 1 is 1.03 bits per heavy atom. The Morgan fingerprint density at radius 2 is 1.69 bits per heavy atom. The molecule has 32 heavy (non-hydrogen) atoms. The second kappa shape index (κ2) is 9.19. The number of aryl methyl sites for hydroxylation is 1. The number of fused-ring (bicyclic) bond motifs is 1. The first kappa shape index (κ1) is 22.7. The van der Waals surface area contributed by atoms with Crippen LogP contribution in [-0.2, 0) is 28.4 Å². The van der Waals surface area contributed by atoms with Crippen LogP contribution in [-0.4, -0.2) is 47.5 Å². The summed E-state index contributed by atoms with van der Waals surface area (Å²) in [4.78, 5) is 40.5. The standard InChI is InChI=1S/C22H30N4O5S/c1-24-19-11-10-17(32(30,31)23-16-8-4-5-9-16)14-18(19)21(28)26(22(24)29)15-20(27)25-12-6-2-3-7-13-25/h10-11,14,16,23H,2-9,12-13,15H2,1H3. The van der Waals surface area contributed by atoms with Gasteiger partial charge in [0.05, 0.1) is 15.8 Å². The molecule has 2 aliphatic rings. The van der Waals surface area contributed by atoms with E-state index in [2.05, 4.69) is 4.72 Å². The van der Waals surface area contributed by atoms with Gasteiger partial charge in [0.1, 0.15) is 6.54 Å². The van der Waals surface area contributed by atoms with Crippen LogP contribution in [0.5, 0.6) is 0 Å². The van der Waals surface area contributed by atoms with Crippen molar-refractivity contribution in [1.82, 2.24) is 18.8 Å². The molecular formula is C22H30N4O5S. The molecule has 0 atom stereocenters. The Labute approximate surface area is 187 Å². The van der Waals surface area contributed by atoms with Crippen LogP contribution in [0.25, 0.3) is 10.9 Å². The molecule has 0 spiro atoms. The average molecular weight is 463 g/mol. The number of hydrogen-bond acceptors (Lipinski definition) is 5. The van der Waals surface area contributed by atoms with Crippen molar-refractivity contribution in [3.63, 3.8) is 0 Å². The van der Waals surface area contributed by atoms with Gasteiger partial charge in [-0.3, -0.25) is 18.7 Å². The van der Waals surface area contributed by atoms with Crippen molar-refractivity contribution in [2.45, 2.75) is 68.8 Å². The van der Waals surface area contributed by atoms with Gasteiger partial charge in [-0.2, -0.15) is 0 Å². The molecule has 174 valence electrons. The van der Waals surface area contributed by atoms with Crippen LogP contribution in [0, 0.1) is 0 Å². The molecule has 1 N–H and O–H groups in total. The summed E-state index contributed by atoms with van der Waals surface area (Å²) in [5.74, 6) is -0.267. The van der Waals surface area contributed by atoms with Gasteiger partial charge in [0.2, 0.25) is 15.9 Å². The van der Waals surface area contributed by atoms with Crippen molar-refractivity contribution in [2.24, 2.45) is 7.05 Å². The quantitative estimate of drug-likeness (QED) is 0.721. The molecule has 1 aromatic carbocycles. The van der Waals surface area contributed by atoms with E-state index >= 15 is 0 Å². The lowest BCUT2D eigenvalue weighted by molar-refractivity contribution is -0.131. The van der Waals surface area contributed by atoms with Gasteiger partial charge >= 0.3 is 5.69 Å². The van der Waals surface area contributed by atoms with Crippen molar-refractivity contribution in [3.8, 4) is 0 Å². The molecule has 0 radical (unpaired) electrons. The van der Waals surface area contributed by atoms with Gasteiger partial charge in [-0.1, -0.05) is 25.7 Å². The highest BCUT2D eigenvalue weighted by Crippen LogP contribution is 2.21. The summed E-state index contributed by atoms with van der Waals surface area (Å²) in [5.41, 5.74) is -0.909. The third-order valence-electron chi connectivity index (χ3n) is 6.56. The lowest BCUT2D eigenvalue weighted by Gasteiger charge is -2.21. The van der Waals surface area contributed by atoms with Crippen molar-refractivity contribution in [3.05, 3.63) is 39.0 Å². The Kier molecular flexibility index (Phi) is 6.52. The van der Waals surface area contributed by atoms with Crippen LogP contribution < -0.4 is 16.0 Å². The molecule has 9 nitrogen and oxygen atoms in total. The van der Waals surface area contributed by atoms with E-state index in [9.17, 15) is 22.8 Å². The summed E-state index contributed by atoms with van der Waals surface area (Å²) in [6.45, 7) is 0.895. The summed E-state index contributed by atoms with van der Waals surface area (Å²) >= 11 is 0. The zero-order chi connectivity index (χ0) is 22.9. The first-order valence-electron chi connectivity index (χ1n) is 11.3. The summed E-state index contributed by atoms with van der Waals surface area (Å²) < 4.78 is 30.6. The SMILES string of the molecule is Cn1c(=O)n(CC(=O)N2CCCCCC2)c(=O)c2cc(S(=O)(=O)NC3CCCC3)ccc21. The minimum absolute atomic E-state index is 0.0157. The molecule has 0 bridgehead atoms. The largest absolute Gasteiger partial charge is 0.341 e. The molecule has 4 rings (SSSR count). The highest BCUT2D eigenvalue weighted by Gasteiger charge is 2.25. The van der Waals surface area contributed by atoms with Gasteiger partial charge in [-0.15, -0.1) is 0 Å². The molecule has 2 heterocycles. The minimum atomic E-state index is -3.79. The molecule has 1 aromatic heterocycles. The van der Waals surface area contributed by atoms with E-state index in [1.165, 1.54) is 29.8 Å². The zero-order valence-electron chi connectivity index (χ0n) is 18.4.